The van der Waals surface area contributed by atoms with Gasteiger partial charge in [0.2, 0.25) is 17.7 Å². The number of nitrogens with zero attached hydrogens (tertiary/aromatic N) is 5. The van der Waals surface area contributed by atoms with E-state index in [1.807, 2.05) is 61.5 Å². The second kappa shape index (κ2) is 12.3. The number of hydrogen-bond acceptors (Lipinski definition) is 6. The largest absolute Gasteiger partial charge is 0.508 e. The Hall–Kier alpha value is -4.47. The molecule has 3 aromatic carbocycles. The highest BCUT2D eigenvalue weighted by atomic mass is 35.5. The minimum absolute atomic E-state index is 0.0196. The first-order valence-electron chi connectivity index (χ1n) is 14.7. The van der Waals surface area contributed by atoms with Gasteiger partial charge in [0.15, 0.2) is 0 Å². The zero-order valence-electron chi connectivity index (χ0n) is 24.6. The molecule has 0 saturated carbocycles. The third kappa shape index (κ3) is 5.60. The van der Waals surface area contributed by atoms with Gasteiger partial charge in [-0.25, -0.2) is 5.01 Å². The van der Waals surface area contributed by atoms with Crippen LogP contribution in [0.25, 0.3) is 10.9 Å². The van der Waals surface area contributed by atoms with E-state index in [1.54, 1.807) is 57.3 Å². The summed E-state index contributed by atoms with van der Waals surface area (Å²) < 4.78 is 0. The number of hydrazine groups is 1. The molecule has 2 fully saturated rings. The van der Waals surface area contributed by atoms with Crippen LogP contribution in [-0.2, 0) is 27.2 Å². The number of carbonyl (C=O) groups is 3. The van der Waals surface area contributed by atoms with E-state index in [1.165, 1.54) is 0 Å². The molecule has 0 bridgehead atoms. The molecule has 1 N–H and O–H groups in total. The molecular formula is C34H34ClN5O4. The first kappa shape index (κ1) is 29.6. The third-order valence-corrected chi connectivity index (χ3v) is 8.97. The van der Waals surface area contributed by atoms with Crippen molar-refractivity contribution in [2.75, 3.05) is 20.1 Å². The number of hydrogen-bond donors (Lipinski definition) is 1. The number of pyridine rings is 1. The van der Waals surface area contributed by atoms with Gasteiger partial charge in [-0.05, 0) is 54.8 Å². The highest BCUT2D eigenvalue weighted by molar-refractivity contribution is 6.35. The zero-order chi connectivity index (χ0) is 31.0. The molecule has 3 amide bonds. The lowest BCUT2D eigenvalue weighted by molar-refractivity contribution is -0.204. The molecule has 226 valence electrons. The maximum Gasteiger partial charge on any atom is 0.246 e. The average Bonchev–Trinajstić information content (AvgIpc) is 3.02. The van der Waals surface area contributed by atoms with Gasteiger partial charge in [0, 0.05) is 42.1 Å². The van der Waals surface area contributed by atoms with Gasteiger partial charge in [-0.2, -0.15) is 0 Å². The van der Waals surface area contributed by atoms with Crippen LogP contribution in [-0.4, -0.2) is 80.0 Å². The lowest BCUT2D eigenvalue weighted by Crippen LogP contribution is -2.75. The summed E-state index contributed by atoms with van der Waals surface area (Å²) >= 11 is 6.49. The van der Waals surface area contributed by atoms with Gasteiger partial charge in [-0.1, -0.05) is 60.1 Å². The molecular weight excluding hydrogens is 578 g/mol. The van der Waals surface area contributed by atoms with Gasteiger partial charge in [0.25, 0.3) is 0 Å². The molecule has 0 unspecified atom stereocenters. The highest BCUT2D eigenvalue weighted by Gasteiger charge is 2.51. The fourth-order valence-corrected chi connectivity index (χ4v) is 6.63. The standard InChI is InChI=1S/C34H34ClN5O4/c1-22(26-15-16-28(35)27-9-6-18-36-33(26)27)38-20-30-39(29(34(38)44)19-24-10-13-25(41)14-11-24)32(43)21-37(2)40(30)31(42)17-12-23-7-4-3-5-8-23/h3-11,13-16,18,22,29-30,41H,12,17,19-21H2,1-2H3/t22-,29-,30+/m0/s1. The lowest BCUT2D eigenvalue weighted by atomic mass is 9.95. The van der Waals surface area contributed by atoms with Crippen LogP contribution in [0.3, 0.4) is 0 Å². The first-order valence-corrected chi connectivity index (χ1v) is 15.1. The third-order valence-electron chi connectivity index (χ3n) is 8.64. The van der Waals surface area contributed by atoms with E-state index in [2.05, 4.69) is 4.98 Å². The van der Waals surface area contributed by atoms with Crippen LogP contribution >= 0.6 is 11.6 Å². The predicted octanol–water partition coefficient (Wildman–Crippen LogP) is 4.58. The van der Waals surface area contributed by atoms with Crippen LogP contribution in [0.4, 0.5) is 0 Å². The van der Waals surface area contributed by atoms with Crippen molar-refractivity contribution >= 4 is 40.2 Å². The van der Waals surface area contributed by atoms with Crippen LogP contribution in [0.5, 0.6) is 5.75 Å². The number of piperazine rings is 1. The topological polar surface area (TPSA) is 97.3 Å². The molecule has 3 atom stereocenters. The fraction of sp³-hybridized carbons (Fsp3) is 0.294. The quantitative estimate of drug-likeness (QED) is 0.329. The molecule has 2 aliphatic heterocycles. The summed E-state index contributed by atoms with van der Waals surface area (Å²) in [5.41, 5.74) is 3.37. The van der Waals surface area contributed by atoms with Crippen LogP contribution in [0.2, 0.25) is 5.02 Å². The Labute approximate surface area is 261 Å². The molecule has 9 nitrogen and oxygen atoms in total. The van der Waals surface area contributed by atoms with Gasteiger partial charge >= 0.3 is 0 Å². The van der Waals surface area contributed by atoms with E-state index in [0.29, 0.717) is 17.0 Å². The molecule has 6 rings (SSSR count). The predicted molar refractivity (Wildman–Crippen MR) is 167 cm³/mol. The summed E-state index contributed by atoms with van der Waals surface area (Å²) in [6, 6.07) is 22.6. The van der Waals surface area contributed by atoms with Crippen LogP contribution in [0.15, 0.2) is 85.1 Å². The van der Waals surface area contributed by atoms with E-state index in [0.717, 1.165) is 22.1 Å². The van der Waals surface area contributed by atoms with Crippen molar-refractivity contribution in [3.8, 4) is 5.75 Å². The maximum atomic E-state index is 14.4. The Bertz CT molecular complexity index is 1700. The SMILES string of the molecule is C[C@@H](c1ccc(Cl)c2cccnc12)N1C[C@@H]2N(C(=O)CN(C)N2C(=O)CCc2ccccc2)[C@@H](Cc2ccc(O)cc2)C1=O. The summed E-state index contributed by atoms with van der Waals surface area (Å²) in [4.78, 5) is 49.9. The number of phenolic OH excluding ortho intramolecular Hbond substituents is 1. The van der Waals surface area contributed by atoms with Crippen molar-refractivity contribution in [3.63, 3.8) is 0 Å². The fourth-order valence-electron chi connectivity index (χ4n) is 6.41. The summed E-state index contributed by atoms with van der Waals surface area (Å²) in [6.45, 7) is 2.06. The number of likely N-dealkylation sites (N-methyl/N-ethyl adjacent to an activating group) is 1. The van der Waals surface area contributed by atoms with Crippen molar-refractivity contribution in [2.24, 2.45) is 0 Å². The van der Waals surface area contributed by atoms with Gasteiger partial charge in [-0.3, -0.25) is 24.4 Å². The van der Waals surface area contributed by atoms with Gasteiger partial charge in [0.05, 0.1) is 24.6 Å². The Morgan fingerprint density at radius 1 is 1.00 bits per heavy atom. The molecule has 2 saturated heterocycles. The molecule has 44 heavy (non-hydrogen) atoms. The second-order valence-corrected chi connectivity index (χ2v) is 11.8. The Morgan fingerprint density at radius 2 is 1.75 bits per heavy atom. The molecule has 0 radical (unpaired) electrons. The number of phenols is 1. The molecule has 3 heterocycles. The number of rotatable bonds is 7. The Kier molecular flexibility index (Phi) is 8.25. The van der Waals surface area contributed by atoms with Crippen molar-refractivity contribution < 1.29 is 19.5 Å². The number of benzene rings is 3. The summed E-state index contributed by atoms with van der Waals surface area (Å²) in [5, 5.41) is 14.5. The molecule has 2 aliphatic rings. The van der Waals surface area contributed by atoms with Crippen molar-refractivity contribution in [2.45, 2.75) is 44.4 Å². The number of halogens is 1. The second-order valence-electron chi connectivity index (χ2n) is 11.4. The number of aryl methyl sites for hydroxylation is 1. The van der Waals surface area contributed by atoms with E-state index >= 15 is 0 Å². The number of fused-ring (bicyclic) bond motifs is 2. The Balaban J connectivity index is 1.38. The summed E-state index contributed by atoms with van der Waals surface area (Å²) in [7, 11) is 1.74. The van der Waals surface area contributed by atoms with Gasteiger partial charge in [-0.15, -0.1) is 0 Å². The van der Waals surface area contributed by atoms with Crippen LogP contribution in [0.1, 0.15) is 36.1 Å². The van der Waals surface area contributed by atoms with Crippen molar-refractivity contribution in [3.05, 3.63) is 107 Å². The van der Waals surface area contributed by atoms with E-state index < -0.39 is 18.2 Å². The normalized spacial score (nSPS) is 19.8. The van der Waals surface area contributed by atoms with Gasteiger partial charge < -0.3 is 14.9 Å². The highest BCUT2D eigenvalue weighted by Crippen LogP contribution is 2.36. The summed E-state index contributed by atoms with van der Waals surface area (Å²) in [5.74, 6) is -0.435. The molecule has 4 aromatic rings. The number of aromatic nitrogens is 1. The number of aromatic hydroxyl groups is 1. The maximum absolute atomic E-state index is 14.4. The van der Waals surface area contributed by atoms with Crippen molar-refractivity contribution in [1.29, 1.82) is 0 Å². The molecule has 0 spiro atoms. The average molecular weight is 612 g/mol. The minimum Gasteiger partial charge on any atom is -0.508 e. The zero-order valence-corrected chi connectivity index (χ0v) is 25.4. The van der Waals surface area contributed by atoms with Crippen LogP contribution in [0, 0.1) is 0 Å². The van der Waals surface area contributed by atoms with Crippen molar-refractivity contribution in [1.82, 2.24) is 24.8 Å². The molecule has 0 aliphatic carbocycles. The monoisotopic (exact) mass is 611 g/mol. The number of amides is 3. The first-order chi connectivity index (χ1) is 21.2. The Morgan fingerprint density at radius 3 is 2.50 bits per heavy atom. The molecule has 10 heteroatoms. The van der Waals surface area contributed by atoms with Crippen LogP contribution < -0.4 is 0 Å². The molecule has 1 aromatic heterocycles. The minimum atomic E-state index is -0.849. The van der Waals surface area contributed by atoms with E-state index in [9.17, 15) is 19.5 Å². The smallest absolute Gasteiger partial charge is 0.246 e. The van der Waals surface area contributed by atoms with Gasteiger partial charge in [0.1, 0.15) is 18.0 Å². The lowest BCUT2D eigenvalue weighted by Gasteiger charge is -2.55. The summed E-state index contributed by atoms with van der Waals surface area (Å²) in [6.07, 6.45) is 2.05. The van der Waals surface area contributed by atoms with E-state index in [4.69, 9.17) is 11.6 Å². The van der Waals surface area contributed by atoms with E-state index in [-0.39, 0.29) is 49.4 Å². The number of carbonyl (C=O) groups excluding carboxylic acids is 3.